The standard InChI is InChI=1S/C14H10Cl3NOS/c15-10-2-1-3-11(16)13(10)19-7-9-5-4-8(14(18)20)6-12(9)17/h1-6H,7H2,(H2,18,20). The maximum Gasteiger partial charge on any atom is 0.156 e. The van der Waals surface area contributed by atoms with Crippen LogP contribution in [0.1, 0.15) is 11.1 Å². The number of rotatable bonds is 4. The summed E-state index contributed by atoms with van der Waals surface area (Å²) in [6, 6.07) is 10.5. The normalized spacial score (nSPS) is 10.3. The van der Waals surface area contributed by atoms with Crippen molar-refractivity contribution < 1.29 is 4.74 Å². The van der Waals surface area contributed by atoms with E-state index in [1.54, 1.807) is 30.3 Å². The van der Waals surface area contributed by atoms with E-state index in [1.165, 1.54) is 0 Å². The van der Waals surface area contributed by atoms with Crippen LogP contribution in [0, 0.1) is 0 Å². The Morgan fingerprint density at radius 1 is 1.05 bits per heavy atom. The Kier molecular flexibility index (Phi) is 5.11. The molecule has 0 saturated carbocycles. The SMILES string of the molecule is NC(=S)c1ccc(COc2c(Cl)cccc2Cl)c(Cl)c1. The number of halogens is 3. The molecule has 0 spiro atoms. The Balaban J connectivity index is 2.17. The molecule has 0 radical (unpaired) electrons. The minimum Gasteiger partial charge on any atom is -0.486 e. The van der Waals surface area contributed by atoms with Gasteiger partial charge < -0.3 is 10.5 Å². The van der Waals surface area contributed by atoms with Crippen molar-refractivity contribution >= 4 is 52.0 Å². The summed E-state index contributed by atoms with van der Waals surface area (Å²) < 4.78 is 5.62. The van der Waals surface area contributed by atoms with Gasteiger partial charge in [0.05, 0.1) is 10.0 Å². The Bertz CT molecular complexity index is 641. The first-order valence-corrected chi connectivity index (χ1v) is 7.18. The van der Waals surface area contributed by atoms with Crippen LogP contribution in [-0.2, 0) is 6.61 Å². The molecule has 2 aromatic carbocycles. The van der Waals surface area contributed by atoms with Crippen molar-refractivity contribution in [1.29, 1.82) is 0 Å². The Morgan fingerprint density at radius 3 is 2.25 bits per heavy atom. The van der Waals surface area contributed by atoms with Crippen LogP contribution in [-0.4, -0.2) is 4.99 Å². The van der Waals surface area contributed by atoms with Gasteiger partial charge in [0.1, 0.15) is 11.6 Å². The molecule has 0 aliphatic heterocycles. The number of thiocarbonyl (C=S) groups is 1. The maximum atomic E-state index is 6.16. The minimum atomic E-state index is 0.250. The molecule has 0 heterocycles. The van der Waals surface area contributed by atoms with Crippen molar-refractivity contribution in [2.45, 2.75) is 6.61 Å². The average Bonchev–Trinajstić information content (AvgIpc) is 2.39. The van der Waals surface area contributed by atoms with E-state index in [4.69, 9.17) is 57.5 Å². The summed E-state index contributed by atoms with van der Waals surface area (Å²) in [6.45, 7) is 0.250. The minimum absolute atomic E-state index is 0.250. The first-order valence-electron chi connectivity index (χ1n) is 5.64. The number of hydrogen-bond donors (Lipinski definition) is 1. The second kappa shape index (κ2) is 6.64. The van der Waals surface area contributed by atoms with E-state index in [-0.39, 0.29) is 6.61 Å². The number of benzene rings is 2. The monoisotopic (exact) mass is 345 g/mol. The van der Waals surface area contributed by atoms with Gasteiger partial charge in [-0.25, -0.2) is 0 Å². The molecule has 0 aliphatic rings. The average molecular weight is 347 g/mol. The molecular weight excluding hydrogens is 337 g/mol. The molecule has 0 saturated heterocycles. The molecule has 0 unspecified atom stereocenters. The van der Waals surface area contributed by atoms with E-state index < -0.39 is 0 Å². The molecular formula is C14H10Cl3NOS. The fraction of sp³-hybridized carbons (Fsp3) is 0.0714. The molecule has 2 N–H and O–H groups in total. The van der Waals surface area contributed by atoms with Crippen LogP contribution in [0.2, 0.25) is 15.1 Å². The lowest BCUT2D eigenvalue weighted by Gasteiger charge is -2.11. The summed E-state index contributed by atoms with van der Waals surface area (Å²) in [6.07, 6.45) is 0. The third kappa shape index (κ3) is 3.55. The lowest BCUT2D eigenvalue weighted by atomic mass is 10.1. The van der Waals surface area contributed by atoms with E-state index >= 15 is 0 Å². The van der Waals surface area contributed by atoms with E-state index in [2.05, 4.69) is 0 Å². The van der Waals surface area contributed by atoms with Gasteiger partial charge in [0.2, 0.25) is 0 Å². The number of nitrogens with two attached hydrogens (primary N) is 1. The van der Waals surface area contributed by atoms with E-state index in [1.807, 2.05) is 6.07 Å². The highest BCUT2D eigenvalue weighted by Gasteiger charge is 2.09. The predicted octanol–water partition coefficient (Wildman–Crippen LogP) is 4.86. The van der Waals surface area contributed by atoms with Gasteiger partial charge in [0, 0.05) is 16.1 Å². The smallest absolute Gasteiger partial charge is 0.156 e. The third-order valence-corrected chi connectivity index (χ3v) is 3.81. The van der Waals surface area contributed by atoms with Gasteiger partial charge in [0.25, 0.3) is 0 Å². The fourth-order valence-electron chi connectivity index (χ4n) is 1.59. The molecule has 0 aliphatic carbocycles. The lowest BCUT2D eigenvalue weighted by Crippen LogP contribution is -2.09. The maximum absolute atomic E-state index is 6.16. The predicted molar refractivity (Wildman–Crippen MR) is 88.1 cm³/mol. The van der Waals surface area contributed by atoms with Gasteiger partial charge in [-0.3, -0.25) is 0 Å². The Hall–Kier alpha value is -1.000. The second-order valence-electron chi connectivity index (χ2n) is 4.01. The van der Waals surface area contributed by atoms with Crippen molar-refractivity contribution in [3.05, 3.63) is 62.6 Å². The summed E-state index contributed by atoms with van der Waals surface area (Å²) in [5.74, 6) is 0.435. The molecule has 104 valence electrons. The molecule has 6 heteroatoms. The van der Waals surface area contributed by atoms with Gasteiger partial charge in [-0.05, 0) is 18.2 Å². The molecule has 20 heavy (non-hydrogen) atoms. The summed E-state index contributed by atoms with van der Waals surface area (Å²) >= 11 is 23.1. The van der Waals surface area contributed by atoms with Gasteiger partial charge in [0.15, 0.2) is 5.75 Å². The zero-order valence-corrected chi connectivity index (χ0v) is 13.3. The molecule has 0 amide bonds. The largest absolute Gasteiger partial charge is 0.486 e. The van der Waals surface area contributed by atoms with Crippen LogP contribution >= 0.6 is 47.0 Å². The van der Waals surface area contributed by atoms with Gasteiger partial charge >= 0.3 is 0 Å². The molecule has 2 rings (SSSR count). The van der Waals surface area contributed by atoms with Crippen LogP contribution in [0.3, 0.4) is 0 Å². The van der Waals surface area contributed by atoms with Gasteiger partial charge in [-0.2, -0.15) is 0 Å². The Morgan fingerprint density at radius 2 is 1.70 bits per heavy atom. The summed E-state index contributed by atoms with van der Waals surface area (Å²) in [5.41, 5.74) is 7.05. The van der Waals surface area contributed by atoms with Crippen molar-refractivity contribution in [2.24, 2.45) is 5.73 Å². The highest BCUT2D eigenvalue weighted by atomic mass is 35.5. The molecule has 2 aromatic rings. The van der Waals surface area contributed by atoms with Crippen LogP contribution in [0.25, 0.3) is 0 Å². The second-order valence-corrected chi connectivity index (χ2v) is 5.67. The Labute approximate surface area is 137 Å². The zero-order valence-electron chi connectivity index (χ0n) is 10.2. The number of ether oxygens (including phenoxy) is 1. The lowest BCUT2D eigenvalue weighted by molar-refractivity contribution is 0.306. The van der Waals surface area contributed by atoms with E-state index in [0.717, 1.165) is 5.56 Å². The summed E-state index contributed by atoms with van der Waals surface area (Å²) in [4.78, 5) is 0.300. The first-order chi connectivity index (χ1) is 9.49. The van der Waals surface area contributed by atoms with E-state index in [9.17, 15) is 0 Å². The number of hydrogen-bond acceptors (Lipinski definition) is 2. The van der Waals surface area contributed by atoms with Gasteiger partial charge in [-0.15, -0.1) is 0 Å². The van der Waals surface area contributed by atoms with Crippen molar-refractivity contribution in [2.75, 3.05) is 0 Å². The van der Waals surface area contributed by atoms with Gasteiger partial charge in [-0.1, -0.05) is 65.2 Å². The van der Waals surface area contributed by atoms with Crippen LogP contribution < -0.4 is 10.5 Å². The topological polar surface area (TPSA) is 35.2 Å². The quantitative estimate of drug-likeness (QED) is 0.803. The molecule has 0 fully saturated rings. The first kappa shape index (κ1) is 15.4. The summed E-state index contributed by atoms with van der Waals surface area (Å²) in [7, 11) is 0. The van der Waals surface area contributed by atoms with Crippen LogP contribution in [0.15, 0.2) is 36.4 Å². The molecule has 0 atom stereocenters. The molecule has 0 bridgehead atoms. The van der Waals surface area contributed by atoms with Crippen LogP contribution in [0.4, 0.5) is 0 Å². The number of para-hydroxylation sites is 1. The zero-order chi connectivity index (χ0) is 14.7. The fourth-order valence-corrected chi connectivity index (χ4v) is 2.46. The highest BCUT2D eigenvalue weighted by Crippen LogP contribution is 2.33. The van der Waals surface area contributed by atoms with Crippen molar-refractivity contribution in [1.82, 2.24) is 0 Å². The highest BCUT2D eigenvalue weighted by molar-refractivity contribution is 7.80. The van der Waals surface area contributed by atoms with Crippen LogP contribution in [0.5, 0.6) is 5.75 Å². The molecule has 0 aromatic heterocycles. The molecule has 2 nitrogen and oxygen atoms in total. The third-order valence-electron chi connectivity index (χ3n) is 2.63. The summed E-state index contributed by atoms with van der Waals surface area (Å²) in [5, 5.41) is 1.43. The van der Waals surface area contributed by atoms with Crippen molar-refractivity contribution in [3.63, 3.8) is 0 Å². The van der Waals surface area contributed by atoms with E-state index in [0.29, 0.717) is 31.4 Å². The van der Waals surface area contributed by atoms with Crippen molar-refractivity contribution in [3.8, 4) is 5.75 Å².